The molecule has 0 aliphatic heterocycles. The van der Waals surface area contributed by atoms with Gasteiger partial charge in [-0.15, -0.1) is 10.2 Å². The molecule has 0 saturated heterocycles. The molecule has 1 N–H and O–H groups in total. The average Bonchev–Trinajstić information content (AvgIpc) is 2.97. The monoisotopic (exact) mass is 293 g/mol. The Kier molecular flexibility index (Phi) is 4.94. The highest BCUT2D eigenvalue weighted by Crippen LogP contribution is 2.35. The Bertz CT molecular complexity index is 574. The van der Waals surface area contributed by atoms with Crippen molar-refractivity contribution in [1.29, 1.82) is 0 Å². The Hall–Kier alpha value is -1.20. The molecule has 0 radical (unpaired) electrons. The van der Waals surface area contributed by atoms with E-state index in [1.807, 2.05) is 13.8 Å². The van der Waals surface area contributed by atoms with Crippen LogP contribution < -0.4 is 5.32 Å². The minimum Gasteiger partial charge on any atom is -0.466 e. The third kappa shape index (κ3) is 2.94. The van der Waals surface area contributed by atoms with Crippen LogP contribution in [0.15, 0.2) is 4.42 Å². The summed E-state index contributed by atoms with van der Waals surface area (Å²) >= 11 is 1.67. The van der Waals surface area contributed by atoms with Gasteiger partial charge in [-0.05, 0) is 40.2 Å². The van der Waals surface area contributed by atoms with E-state index in [2.05, 4.69) is 36.3 Å². The smallest absolute Gasteiger partial charge is 0.151 e. The van der Waals surface area contributed by atoms with Gasteiger partial charge in [0, 0.05) is 5.56 Å². The van der Waals surface area contributed by atoms with Crippen LogP contribution in [-0.4, -0.2) is 16.7 Å². The summed E-state index contributed by atoms with van der Waals surface area (Å²) in [6.07, 6.45) is 2.15. The molecule has 20 heavy (non-hydrogen) atoms. The maximum Gasteiger partial charge on any atom is 0.151 e. The molecule has 110 valence electrons. The van der Waals surface area contributed by atoms with Crippen LogP contribution in [0.3, 0.4) is 0 Å². The van der Waals surface area contributed by atoms with E-state index in [0.29, 0.717) is 6.04 Å². The largest absolute Gasteiger partial charge is 0.466 e. The molecule has 0 aliphatic rings. The van der Waals surface area contributed by atoms with Crippen LogP contribution >= 0.6 is 11.3 Å². The van der Waals surface area contributed by atoms with Crippen molar-refractivity contribution in [2.24, 2.45) is 0 Å². The molecule has 0 spiro atoms. The summed E-state index contributed by atoms with van der Waals surface area (Å²) in [6, 6.07) is 0.301. The predicted molar refractivity (Wildman–Crippen MR) is 83.1 cm³/mol. The number of furan rings is 1. The van der Waals surface area contributed by atoms with Crippen molar-refractivity contribution < 1.29 is 4.42 Å². The van der Waals surface area contributed by atoms with Crippen molar-refractivity contribution in [2.75, 3.05) is 6.54 Å². The van der Waals surface area contributed by atoms with Gasteiger partial charge in [-0.25, -0.2) is 0 Å². The molecule has 2 aromatic heterocycles. The summed E-state index contributed by atoms with van der Waals surface area (Å²) in [5.41, 5.74) is 2.27. The SMILES string of the molecule is CCCNC(CC)c1nnc(-c2c(C)oc(C)c2C)s1. The van der Waals surface area contributed by atoms with Gasteiger partial charge in [0.15, 0.2) is 5.01 Å². The van der Waals surface area contributed by atoms with Crippen LogP contribution in [0.2, 0.25) is 0 Å². The number of hydrogen-bond acceptors (Lipinski definition) is 5. The Labute approximate surface area is 124 Å². The number of nitrogens with zero attached hydrogens (tertiary/aromatic N) is 2. The van der Waals surface area contributed by atoms with Crippen molar-refractivity contribution >= 4 is 11.3 Å². The summed E-state index contributed by atoms with van der Waals surface area (Å²) in [6.45, 7) is 11.4. The van der Waals surface area contributed by atoms with E-state index in [1.54, 1.807) is 11.3 Å². The molecule has 2 rings (SSSR count). The Morgan fingerprint density at radius 1 is 1.15 bits per heavy atom. The van der Waals surface area contributed by atoms with Gasteiger partial charge in [0.05, 0.1) is 11.6 Å². The third-order valence-corrected chi connectivity index (χ3v) is 4.62. The molecule has 1 unspecified atom stereocenters. The average molecular weight is 293 g/mol. The Morgan fingerprint density at radius 2 is 1.90 bits per heavy atom. The molecule has 0 fully saturated rings. The normalized spacial score (nSPS) is 12.8. The molecule has 0 saturated carbocycles. The van der Waals surface area contributed by atoms with Crippen LogP contribution in [0.5, 0.6) is 0 Å². The van der Waals surface area contributed by atoms with Crippen molar-refractivity contribution in [2.45, 2.75) is 53.5 Å². The number of nitrogens with one attached hydrogen (secondary N) is 1. The van der Waals surface area contributed by atoms with E-state index in [-0.39, 0.29) is 0 Å². The van der Waals surface area contributed by atoms with Crippen LogP contribution in [0.1, 0.15) is 54.8 Å². The fraction of sp³-hybridized carbons (Fsp3) is 0.600. The summed E-state index contributed by atoms with van der Waals surface area (Å²) < 4.78 is 5.68. The molecule has 0 aromatic carbocycles. The Morgan fingerprint density at radius 3 is 2.45 bits per heavy atom. The first kappa shape index (κ1) is 15.2. The van der Waals surface area contributed by atoms with E-state index in [9.17, 15) is 0 Å². The van der Waals surface area contributed by atoms with Gasteiger partial charge < -0.3 is 9.73 Å². The molecule has 0 bridgehead atoms. The molecule has 4 nitrogen and oxygen atoms in total. The maximum absolute atomic E-state index is 5.68. The Balaban J connectivity index is 2.28. The first-order valence-electron chi connectivity index (χ1n) is 7.22. The first-order chi connectivity index (χ1) is 9.58. The highest BCUT2D eigenvalue weighted by molar-refractivity contribution is 7.14. The fourth-order valence-corrected chi connectivity index (χ4v) is 3.46. The summed E-state index contributed by atoms with van der Waals surface area (Å²) in [7, 11) is 0. The van der Waals surface area contributed by atoms with E-state index >= 15 is 0 Å². The van der Waals surface area contributed by atoms with E-state index in [4.69, 9.17) is 4.42 Å². The van der Waals surface area contributed by atoms with Crippen LogP contribution in [0.4, 0.5) is 0 Å². The van der Waals surface area contributed by atoms with Crippen LogP contribution in [-0.2, 0) is 0 Å². The lowest BCUT2D eigenvalue weighted by Crippen LogP contribution is -2.21. The van der Waals surface area contributed by atoms with Gasteiger partial charge in [0.2, 0.25) is 0 Å². The third-order valence-electron chi connectivity index (χ3n) is 3.56. The summed E-state index contributed by atoms with van der Waals surface area (Å²) in [4.78, 5) is 0. The molecular formula is C15H23N3OS. The van der Waals surface area contributed by atoms with Gasteiger partial charge in [0.25, 0.3) is 0 Å². The number of aryl methyl sites for hydroxylation is 2. The quantitative estimate of drug-likeness (QED) is 0.868. The molecule has 2 aromatic rings. The van der Waals surface area contributed by atoms with Gasteiger partial charge in [-0.1, -0.05) is 25.2 Å². The minimum atomic E-state index is 0.301. The van der Waals surface area contributed by atoms with Crippen molar-refractivity contribution in [3.63, 3.8) is 0 Å². The second-order valence-corrected chi connectivity index (χ2v) is 6.08. The lowest BCUT2D eigenvalue weighted by atomic mass is 10.1. The number of hydrogen-bond donors (Lipinski definition) is 1. The van der Waals surface area contributed by atoms with E-state index in [0.717, 1.165) is 46.5 Å². The molecule has 0 amide bonds. The molecule has 1 atom stereocenters. The zero-order valence-electron chi connectivity index (χ0n) is 12.9. The van der Waals surface area contributed by atoms with E-state index in [1.165, 1.54) is 5.56 Å². The number of rotatable bonds is 6. The zero-order chi connectivity index (χ0) is 14.7. The summed E-state index contributed by atoms with van der Waals surface area (Å²) in [5.74, 6) is 1.89. The van der Waals surface area contributed by atoms with Crippen molar-refractivity contribution in [3.8, 4) is 10.6 Å². The van der Waals surface area contributed by atoms with E-state index < -0.39 is 0 Å². The molecular weight excluding hydrogens is 270 g/mol. The molecule has 2 heterocycles. The van der Waals surface area contributed by atoms with Gasteiger partial charge in [-0.3, -0.25) is 0 Å². The molecule has 0 aliphatic carbocycles. The van der Waals surface area contributed by atoms with Gasteiger partial charge >= 0.3 is 0 Å². The van der Waals surface area contributed by atoms with Gasteiger partial charge in [-0.2, -0.15) is 0 Å². The lowest BCUT2D eigenvalue weighted by Gasteiger charge is -2.12. The summed E-state index contributed by atoms with van der Waals surface area (Å²) in [5, 5.41) is 14.3. The standard InChI is InChI=1S/C15H23N3OS/c1-6-8-16-12(7-2)14-17-18-15(20-14)13-9(3)10(4)19-11(13)5/h12,16H,6-8H2,1-5H3. The second-order valence-electron chi connectivity index (χ2n) is 5.07. The highest BCUT2D eigenvalue weighted by atomic mass is 32.1. The zero-order valence-corrected chi connectivity index (χ0v) is 13.7. The van der Waals surface area contributed by atoms with Crippen molar-refractivity contribution in [3.05, 3.63) is 22.1 Å². The van der Waals surface area contributed by atoms with Crippen LogP contribution in [0.25, 0.3) is 10.6 Å². The first-order valence-corrected chi connectivity index (χ1v) is 8.03. The second kappa shape index (κ2) is 6.50. The minimum absolute atomic E-state index is 0.301. The predicted octanol–water partition coefficient (Wildman–Crippen LogP) is 4.17. The highest BCUT2D eigenvalue weighted by Gasteiger charge is 2.20. The topological polar surface area (TPSA) is 51.0 Å². The fourth-order valence-electron chi connectivity index (χ4n) is 2.31. The van der Waals surface area contributed by atoms with Crippen molar-refractivity contribution in [1.82, 2.24) is 15.5 Å². The maximum atomic E-state index is 5.68. The lowest BCUT2D eigenvalue weighted by molar-refractivity contribution is 0.503. The van der Waals surface area contributed by atoms with Gasteiger partial charge in [0.1, 0.15) is 16.5 Å². The number of aromatic nitrogens is 2. The molecule has 5 heteroatoms. The van der Waals surface area contributed by atoms with Crippen LogP contribution in [0, 0.1) is 20.8 Å².